The van der Waals surface area contributed by atoms with Crippen LogP contribution in [0.15, 0.2) is 24.3 Å². The molecule has 0 aliphatic carbocycles. The number of carbonyl (C=O) groups excluding carboxylic acids is 2. The third-order valence-electron chi connectivity index (χ3n) is 2.76. The second-order valence-corrected chi connectivity index (χ2v) is 4.42. The van der Waals surface area contributed by atoms with Gasteiger partial charge in [0.25, 0.3) is 5.91 Å². The molecule has 1 aromatic carbocycles. The van der Waals surface area contributed by atoms with Crippen molar-refractivity contribution < 1.29 is 19.1 Å². The number of benzene rings is 1. The molecule has 0 saturated heterocycles. The molecule has 0 fully saturated rings. The molecule has 0 aliphatic rings. The Balaban J connectivity index is 2.91. The number of methoxy groups -OCH3 is 2. The van der Waals surface area contributed by atoms with Gasteiger partial charge in [-0.3, -0.25) is 4.79 Å². The lowest BCUT2D eigenvalue weighted by molar-refractivity contribution is -0.144. The fourth-order valence-electron chi connectivity index (χ4n) is 1.68. The molecule has 0 saturated carbocycles. The highest BCUT2D eigenvalue weighted by atomic mass is 16.5. The maximum atomic E-state index is 12.2. The largest absolute Gasteiger partial charge is 0.496 e. The van der Waals surface area contributed by atoms with Gasteiger partial charge < -0.3 is 14.8 Å². The fraction of sp³-hybridized carbons (Fsp3) is 0.429. The zero-order chi connectivity index (χ0) is 14.4. The smallest absolute Gasteiger partial charge is 0.328 e. The predicted octanol–water partition coefficient (Wildman–Crippen LogP) is 1.62. The first-order valence-corrected chi connectivity index (χ1v) is 6.03. The van der Waals surface area contributed by atoms with Crippen LogP contribution in [0.25, 0.3) is 0 Å². The van der Waals surface area contributed by atoms with Crippen LogP contribution in [0.1, 0.15) is 24.2 Å². The molecule has 1 atom stereocenters. The summed E-state index contributed by atoms with van der Waals surface area (Å²) in [4.78, 5) is 23.8. The minimum atomic E-state index is -0.678. The Labute approximate surface area is 112 Å². The molecule has 0 spiro atoms. The van der Waals surface area contributed by atoms with Crippen LogP contribution >= 0.6 is 0 Å². The van der Waals surface area contributed by atoms with Crippen molar-refractivity contribution >= 4 is 11.9 Å². The van der Waals surface area contributed by atoms with E-state index in [0.717, 1.165) is 0 Å². The summed E-state index contributed by atoms with van der Waals surface area (Å²) in [6, 6.07) is 6.17. The molecule has 0 aliphatic heterocycles. The Morgan fingerprint density at radius 3 is 2.32 bits per heavy atom. The van der Waals surface area contributed by atoms with Crippen molar-refractivity contribution in [1.29, 1.82) is 0 Å². The number of rotatable bonds is 5. The van der Waals surface area contributed by atoms with E-state index >= 15 is 0 Å². The van der Waals surface area contributed by atoms with E-state index < -0.39 is 12.0 Å². The lowest BCUT2D eigenvalue weighted by Crippen LogP contribution is -2.45. The SMILES string of the molecule is COC(=O)[C@@H](NC(=O)c1ccccc1OC)C(C)C. The molecular formula is C14H19NO4. The monoisotopic (exact) mass is 265 g/mol. The first kappa shape index (κ1) is 15.0. The molecular weight excluding hydrogens is 246 g/mol. The van der Waals surface area contributed by atoms with Crippen LogP contribution in [0.3, 0.4) is 0 Å². The van der Waals surface area contributed by atoms with Gasteiger partial charge in [-0.1, -0.05) is 26.0 Å². The molecule has 0 aromatic heterocycles. The summed E-state index contributed by atoms with van der Waals surface area (Å²) in [6.45, 7) is 3.67. The highest BCUT2D eigenvalue weighted by Crippen LogP contribution is 2.17. The maximum absolute atomic E-state index is 12.2. The highest BCUT2D eigenvalue weighted by molar-refractivity contribution is 5.99. The zero-order valence-corrected chi connectivity index (χ0v) is 11.6. The van der Waals surface area contributed by atoms with Gasteiger partial charge in [-0.2, -0.15) is 0 Å². The van der Waals surface area contributed by atoms with Gasteiger partial charge in [0.1, 0.15) is 11.8 Å². The highest BCUT2D eigenvalue weighted by Gasteiger charge is 2.26. The first-order valence-electron chi connectivity index (χ1n) is 6.03. The van der Waals surface area contributed by atoms with Crippen LogP contribution in [-0.2, 0) is 9.53 Å². The topological polar surface area (TPSA) is 64.6 Å². The van der Waals surface area contributed by atoms with Crippen LogP contribution in [0.2, 0.25) is 0 Å². The van der Waals surface area contributed by atoms with E-state index in [-0.39, 0.29) is 11.8 Å². The minimum Gasteiger partial charge on any atom is -0.496 e. The van der Waals surface area contributed by atoms with Crippen LogP contribution in [0.4, 0.5) is 0 Å². The second kappa shape index (κ2) is 6.78. The van der Waals surface area contributed by atoms with Gasteiger partial charge in [-0.25, -0.2) is 4.79 Å². The van der Waals surface area contributed by atoms with Gasteiger partial charge in [-0.05, 0) is 18.1 Å². The van der Waals surface area contributed by atoms with Crippen LogP contribution in [0, 0.1) is 5.92 Å². The van der Waals surface area contributed by atoms with E-state index in [0.29, 0.717) is 11.3 Å². The average Bonchev–Trinajstić information content (AvgIpc) is 2.43. The van der Waals surface area contributed by atoms with Gasteiger partial charge >= 0.3 is 5.97 Å². The first-order chi connectivity index (χ1) is 9.01. The van der Waals surface area contributed by atoms with Crippen molar-refractivity contribution in [3.63, 3.8) is 0 Å². The molecule has 19 heavy (non-hydrogen) atoms. The average molecular weight is 265 g/mol. The molecule has 104 valence electrons. The summed E-state index contributed by atoms with van der Waals surface area (Å²) in [5, 5.41) is 2.66. The third-order valence-corrected chi connectivity index (χ3v) is 2.76. The van der Waals surface area contributed by atoms with Crippen LogP contribution in [-0.4, -0.2) is 32.1 Å². The van der Waals surface area contributed by atoms with Crippen molar-refractivity contribution in [3.05, 3.63) is 29.8 Å². The van der Waals surface area contributed by atoms with Gasteiger partial charge in [0, 0.05) is 0 Å². The summed E-state index contributed by atoms with van der Waals surface area (Å²) in [7, 11) is 2.79. The van der Waals surface area contributed by atoms with Gasteiger partial charge in [0.05, 0.1) is 19.8 Å². The molecule has 5 nitrogen and oxygen atoms in total. The van der Waals surface area contributed by atoms with E-state index in [1.165, 1.54) is 14.2 Å². The predicted molar refractivity (Wildman–Crippen MR) is 71.1 cm³/mol. The van der Waals surface area contributed by atoms with Crippen LogP contribution < -0.4 is 10.1 Å². The Hall–Kier alpha value is -2.04. The molecule has 5 heteroatoms. The molecule has 1 amide bonds. The van der Waals surface area contributed by atoms with Crippen LogP contribution in [0.5, 0.6) is 5.75 Å². The Bertz CT molecular complexity index is 457. The number of amides is 1. The number of esters is 1. The van der Waals surface area contributed by atoms with Gasteiger partial charge in [0.15, 0.2) is 0 Å². The summed E-state index contributed by atoms with van der Waals surface area (Å²) >= 11 is 0. The van der Waals surface area contributed by atoms with Crippen molar-refractivity contribution in [2.45, 2.75) is 19.9 Å². The number of hydrogen-bond donors (Lipinski definition) is 1. The Morgan fingerprint density at radius 1 is 1.16 bits per heavy atom. The van der Waals surface area contributed by atoms with E-state index in [2.05, 4.69) is 10.1 Å². The van der Waals surface area contributed by atoms with Gasteiger partial charge in [-0.15, -0.1) is 0 Å². The lowest BCUT2D eigenvalue weighted by atomic mass is 10.0. The van der Waals surface area contributed by atoms with Gasteiger partial charge in [0.2, 0.25) is 0 Å². The summed E-state index contributed by atoms with van der Waals surface area (Å²) in [5.41, 5.74) is 0.388. The van der Waals surface area contributed by atoms with Crippen molar-refractivity contribution in [2.24, 2.45) is 5.92 Å². The molecule has 1 N–H and O–H groups in total. The maximum Gasteiger partial charge on any atom is 0.328 e. The summed E-state index contributed by atoms with van der Waals surface area (Å²) in [5.74, 6) is -0.418. The minimum absolute atomic E-state index is 0.0638. The number of nitrogens with one attached hydrogen (secondary N) is 1. The number of carbonyl (C=O) groups is 2. The number of ether oxygens (including phenoxy) is 2. The summed E-state index contributed by atoms with van der Waals surface area (Å²) in [6.07, 6.45) is 0. The molecule has 0 bridgehead atoms. The fourth-order valence-corrected chi connectivity index (χ4v) is 1.68. The van der Waals surface area contributed by atoms with E-state index in [1.54, 1.807) is 24.3 Å². The number of para-hydroxylation sites is 1. The lowest BCUT2D eigenvalue weighted by Gasteiger charge is -2.20. The zero-order valence-electron chi connectivity index (χ0n) is 11.6. The summed E-state index contributed by atoms with van der Waals surface area (Å²) < 4.78 is 9.80. The molecule has 0 unspecified atom stereocenters. The molecule has 1 aromatic rings. The Morgan fingerprint density at radius 2 is 1.79 bits per heavy atom. The van der Waals surface area contributed by atoms with E-state index in [9.17, 15) is 9.59 Å². The van der Waals surface area contributed by atoms with E-state index in [4.69, 9.17) is 4.74 Å². The second-order valence-electron chi connectivity index (χ2n) is 4.42. The number of hydrogen-bond acceptors (Lipinski definition) is 4. The third kappa shape index (κ3) is 3.71. The molecule has 0 heterocycles. The molecule has 1 rings (SSSR count). The quantitative estimate of drug-likeness (QED) is 0.822. The Kier molecular flexibility index (Phi) is 5.36. The van der Waals surface area contributed by atoms with Crippen molar-refractivity contribution in [3.8, 4) is 5.75 Å². The van der Waals surface area contributed by atoms with Crippen molar-refractivity contribution in [2.75, 3.05) is 14.2 Å². The normalized spacial score (nSPS) is 11.8. The van der Waals surface area contributed by atoms with Crippen molar-refractivity contribution in [1.82, 2.24) is 5.32 Å². The standard InChI is InChI=1S/C14H19NO4/c1-9(2)12(14(17)19-4)15-13(16)10-7-5-6-8-11(10)18-3/h5-9,12H,1-4H3,(H,15,16)/t12-/m0/s1. The molecule has 0 radical (unpaired) electrons. The van der Waals surface area contributed by atoms with E-state index in [1.807, 2.05) is 13.8 Å².